The first-order valence-corrected chi connectivity index (χ1v) is 12.4. The molecule has 3 heterocycles. The van der Waals surface area contributed by atoms with E-state index in [1.807, 2.05) is 17.7 Å². The number of hydrogen-bond donors (Lipinski definition) is 1. The van der Waals surface area contributed by atoms with Crippen LogP contribution in [0.3, 0.4) is 0 Å². The van der Waals surface area contributed by atoms with Crippen LogP contribution in [0.4, 0.5) is 0 Å². The van der Waals surface area contributed by atoms with Crippen molar-refractivity contribution in [1.82, 2.24) is 24.3 Å². The van der Waals surface area contributed by atoms with E-state index >= 15 is 0 Å². The Morgan fingerprint density at radius 1 is 1.30 bits per heavy atom. The summed E-state index contributed by atoms with van der Waals surface area (Å²) >= 11 is 0. The Morgan fingerprint density at radius 2 is 2.12 bits per heavy atom. The first kappa shape index (κ1) is 22.2. The molecule has 176 valence electrons. The number of carbonyl (C=O) groups excluding carboxylic acids is 1. The van der Waals surface area contributed by atoms with E-state index in [4.69, 9.17) is 0 Å². The predicted molar refractivity (Wildman–Crippen MR) is 132 cm³/mol. The van der Waals surface area contributed by atoms with E-state index < -0.39 is 0 Å². The number of imidazole rings is 1. The Balaban J connectivity index is 1.48. The van der Waals surface area contributed by atoms with Crippen molar-refractivity contribution in [2.45, 2.75) is 77.5 Å². The van der Waals surface area contributed by atoms with E-state index in [2.05, 4.69) is 71.9 Å². The number of carbonyl (C=O) groups is 1. The highest BCUT2D eigenvalue weighted by atomic mass is 16.2. The molecule has 0 radical (unpaired) electrons. The number of fused-ring (bicyclic) bond motifs is 2. The van der Waals surface area contributed by atoms with Gasteiger partial charge in [0.05, 0.1) is 12.2 Å². The Labute approximate surface area is 197 Å². The monoisotopic (exact) mass is 447 g/mol. The third kappa shape index (κ3) is 3.88. The van der Waals surface area contributed by atoms with Crippen molar-refractivity contribution in [3.05, 3.63) is 54.2 Å². The molecule has 4 atom stereocenters. The molecular weight excluding hydrogens is 410 g/mol. The molecule has 1 amide bonds. The van der Waals surface area contributed by atoms with Crippen LogP contribution in [0.2, 0.25) is 0 Å². The van der Waals surface area contributed by atoms with Gasteiger partial charge in [0.25, 0.3) is 0 Å². The number of hydrogen-bond acceptors (Lipinski definition) is 3. The summed E-state index contributed by atoms with van der Waals surface area (Å²) in [5.74, 6) is 0.530. The third-order valence-corrected chi connectivity index (χ3v) is 7.62. The lowest BCUT2D eigenvalue weighted by molar-refractivity contribution is -0.129. The summed E-state index contributed by atoms with van der Waals surface area (Å²) in [6.07, 6.45) is 10.8. The fraction of sp³-hybridized carbons (Fsp3) is 0.556. The summed E-state index contributed by atoms with van der Waals surface area (Å²) in [6, 6.07) is 7.25. The molecule has 6 nitrogen and oxygen atoms in total. The first-order chi connectivity index (χ1) is 15.8. The van der Waals surface area contributed by atoms with Crippen molar-refractivity contribution in [3.63, 3.8) is 0 Å². The SMILES string of the molecule is CCCN1CC(C(=O)NC(C)n2ccnc2)C[C@@H]2c3cccc4c3c(cn4C(C)(C)C)C[C@H]21. The molecule has 2 aromatic heterocycles. The van der Waals surface area contributed by atoms with E-state index in [1.165, 1.54) is 22.0 Å². The molecule has 0 saturated carbocycles. The van der Waals surface area contributed by atoms with Crippen LogP contribution >= 0.6 is 0 Å². The third-order valence-electron chi connectivity index (χ3n) is 7.62. The number of nitrogens with one attached hydrogen (secondary N) is 1. The molecule has 1 aliphatic heterocycles. The van der Waals surface area contributed by atoms with Crippen LogP contribution < -0.4 is 5.32 Å². The molecule has 3 aromatic rings. The van der Waals surface area contributed by atoms with Gasteiger partial charge in [-0.05, 0) is 70.7 Å². The lowest BCUT2D eigenvalue weighted by Crippen LogP contribution is -2.53. The van der Waals surface area contributed by atoms with Crippen LogP contribution in [0.1, 0.15) is 70.7 Å². The summed E-state index contributed by atoms with van der Waals surface area (Å²) in [4.78, 5) is 20.1. The van der Waals surface area contributed by atoms with E-state index in [1.54, 1.807) is 12.5 Å². The summed E-state index contributed by atoms with van der Waals surface area (Å²) in [6.45, 7) is 13.0. The van der Waals surface area contributed by atoms with Gasteiger partial charge in [-0.2, -0.15) is 0 Å². The smallest absolute Gasteiger partial charge is 0.226 e. The minimum absolute atomic E-state index is 0.00900. The van der Waals surface area contributed by atoms with Crippen molar-refractivity contribution in [1.29, 1.82) is 0 Å². The molecule has 1 aliphatic carbocycles. The van der Waals surface area contributed by atoms with E-state index in [9.17, 15) is 4.79 Å². The number of piperidine rings is 1. The Morgan fingerprint density at radius 3 is 2.82 bits per heavy atom. The number of likely N-dealkylation sites (tertiary alicyclic amines) is 1. The summed E-state index contributed by atoms with van der Waals surface area (Å²) in [7, 11) is 0. The second-order valence-corrected chi connectivity index (χ2v) is 10.9. The van der Waals surface area contributed by atoms with Gasteiger partial charge in [-0.1, -0.05) is 19.1 Å². The fourth-order valence-corrected chi connectivity index (χ4v) is 6.09. The van der Waals surface area contributed by atoms with Crippen LogP contribution in [0.25, 0.3) is 10.9 Å². The Bertz CT molecular complexity index is 1140. The zero-order chi connectivity index (χ0) is 23.3. The standard InChI is InChI=1S/C27H37N5O/c1-6-11-30-15-20(26(33)29-18(2)31-12-10-28-17-31)13-22-21-8-7-9-23-25(21)19(14-24(22)30)16-32(23)27(3,4)5/h7-10,12,16-18,20,22,24H,6,11,13-15H2,1-5H3,(H,29,33)/t18?,20?,22-,24-/m1/s1. The molecule has 1 N–H and O–H groups in total. The van der Waals surface area contributed by atoms with Crippen LogP contribution in [0, 0.1) is 5.92 Å². The molecule has 1 aromatic carbocycles. The lowest BCUT2D eigenvalue weighted by Gasteiger charge is -2.46. The summed E-state index contributed by atoms with van der Waals surface area (Å²) < 4.78 is 4.38. The maximum atomic E-state index is 13.4. The number of benzene rings is 1. The van der Waals surface area contributed by atoms with Crippen molar-refractivity contribution in [2.75, 3.05) is 13.1 Å². The van der Waals surface area contributed by atoms with Crippen molar-refractivity contribution < 1.29 is 4.79 Å². The van der Waals surface area contributed by atoms with E-state index in [0.717, 1.165) is 32.4 Å². The van der Waals surface area contributed by atoms with Crippen LogP contribution in [-0.4, -0.2) is 44.1 Å². The highest BCUT2D eigenvalue weighted by Crippen LogP contribution is 2.46. The maximum Gasteiger partial charge on any atom is 0.226 e. The van der Waals surface area contributed by atoms with E-state index in [0.29, 0.717) is 12.0 Å². The van der Waals surface area contributed by atoms with Gasteiger partial charge in [-0.15, -0.1) is 0 Å². The van der Waals surface area contributed by atoms with Gasteiger partial charge >= 0.3 is 0 Å². The maximum absolute atomic E-state index is 13.4. The molecule has 0 bridgehead atoms. The predicted octanol–water partition coefficient (Wildman–Crippen LogP) is 4.67. The van der Waals surface area contributed by atoms with Crippen LogP contribution in [-0.2, 0) is 16.8 Å². The molecule has 2 unspecified atom stereocenters. The van der Waals surface area contributed by atoms with Crippen molar-refractivity contribution in [3.8, 4) is 0 Å². The zero-order valence-corrected chi connectivity index (χ0v) is 20.6. The van der Waals surface area contributed by atoms with E-state index in [-0.39, 0.29) is 23.5 Å². The second kappa shape index (κ2) is 8.32. The second-order valence-electron chi connectivity index (χ2n) is 10.9. The highest BCUT2D eigenvalue weighted by molar-refractivity contribution is 5.89. The van der Waals surface area contributed by atoms with Gasteiger partial charge < -0.3 is 14.5 Å². The minimum atomic E-state index is -0.0976. The molecule has 5 rings (SSSR count). The van der Waals surface area contributed by atoms with Crippen molar-refractivity contribution in [2.24, 2.45) is 5.92 Å². The molecule has 2 aliphatic rings. The topological polar surface area (TPSA) is 55.1 Å². The van der Waals surface area contributed by atoms with Crippen LogP contribution in [0.15, 0.2) is 43.1 Å². The molecule has 0 spiro atoms. The number of aromatic nitrogens is 3. The molecular formula is C27H37N5O. The number of amides is 1. The van der Waals surface area contributed by atoms with Gasteiger partial charge in [0.1, 0.15) is 6.17 Å². The number of nitrogens with zero attached hydrogens (tertiary/aromatic N) is 4. The quantitative estimate of drug-likeness (QED) is 0.618. The summed E-state index contributed by atoms with van der Waals surface area (Å²) in [5.41, 5.74) is 4.27. The minimum Gasteiger partial charge on any atom is -0.342 e. The van der Waals surface area contributed by atoms with Gasteiger partial charge in [0, 0.05) is 53.5 Å². The zero-order valence-electron chi connectivity index (χ0n) is 20.6. The average molecular weight is 448 g/mol. The van der Waals surface area contributed by atoms with Gasteiger partial charge in [0.2, 0.25) is 5.91 Å². The normalized spacial score (nSPS) is 24.0. The van der Waals surface area contributed by atoms with Crippen molar-refractivity contribution >= 4 is 16.8 Å². The van der Waals surface area contributed by atoms with Gasteiger partial charge in [0.15, 0.2) is 0 Å². The average Bonchev–Trinajstić information content (AvgIpc) is 3.43. The fourth-order valence-electron chi connectivity index (χ4n) is 6.09. The first-order valence-electron chi connectivity index (χ1n) is 12.4. The van der Waals surface area contributed by atoms with Crippen LogP contribution in [0.5, 0.6) is 0 Å². The number of rotatable bonds is 5. The molecule has 6 heteroatoms. The van der Waals surface area contributed by atoms with Gasteiger partial charge in [-0.3, -0.25) is 9.69 Å². The largest absolute Gasteiger partial charge is 0.342 e. The molecule has 33 heavy (non-hydrogen) atoms. The molecule has 1 fully saturated rings. The highest BCUT2D eigenvalue weighted by Gasteiger charge is 2.43. The molecule has 1 saturated heterocycles. The lowest BCUT2D eigenvalue weighted by atomic mass is 9.72. The Hall–Kier alpha value is -2.60. The van der Waals surface area contributed by atoms with Gasteiger partial charge in [-0.25, -0.2) is 4.98 Å². The summed E-state index contributed by atoms with van der Waals surface area (Å²) in [5, 5.41) is 4.66. The Kier molecular flexibility index (Phi) is 5.60.